The smallest absolute Gasteiger partial charge is 0.0797 e. The highest BCUT2D eigenvalue weighted by Gasteiger charge is 2.05. The van der Waals surface area contributed by atoms with E-state index in [0.29, 0.717) is 0 Å². The van der Waals surface area contributed by atoms with Crippen LogP contribution in [-0.4, -0.2) is 89.1 Å². The molecule has 16 heterocycles. The first-order valence-corrected chi connectivity index (χ1v) is 46.6. The summed E-state index contributed by atoms with van der Waals surface area (Å²) < 4.78 is 0. The molecule has 12 aromatic heterocycles. The number of hydrogen-bond acceptors (Lipinski definition) is 17. The highest BCUT2D eigenvalue weighted by Crippen LogP contribution is 2.18. The van der Waals surface area contributed by atoms with Crippen molar-refractivity contribution in [2.75, 3.05) is 39.3 Å². The second kappa shape index (κ2) is 64.8. The van der Waals surface area contributed by atoms with Crippen molar-refractivity contribution in [3.8, 4) is 0 Å². The van der Waals surface area contributed by atoms with Crippen molar-refractivity contribution < 1.29 is 0 Å². The van der Waals surface area contributed by atoms with E-state index in [2.05, 4.69) is 309 Å². The second-order valence-electron chi connectivity index (χ2n) is 30.9. The first-order chi connectivity index (χ1) is 57.4. The van der Waals surface area contributed by atoms with Gasteiger partial charge in [0.1, 0.15) is 0 Å². The van der Waals surface area contributed by atoms with Crippen LogP contribution in [0.5, 0.6) is 0 Å². The molecule has 0 bridgehead atoms. The van der Waals surface area contributed by atoms with Gasteiger partial charge in [-0.1, -0.05) is 45.6 Å². The van der Waals surface area contributed by atoms with Crippen molar-refractivity contribution in [3.05, 3.63) is 332 Å². The zero-order valence-electron chi connectivity index (χ0n) is 80.1. The van der Waals surface area contributed by atoms with Crippen LogP contribution in [0.2, 0.25) is 0 Å². The number of thiophene rings is 3. The third-order valence-electron chi connectivity index (χ3n) is 21.1. The Kier molecular flexibility index (Phi) is 59.0. The Bertz CT molecular complexity index is 3840. The standard InChI is InChI=1S/2C7H13N.2C7H9N.2C7H13N.2C7H9N.C6H8N2.2C6H9N.3C6H8S.2C5H7NS/c4*1-6-3-4-8-5-7(6)2;4*1-6-4-3-5-8-7(6)2;1-5-6(2)8-4-3-7-5;2*1-5-3-4-7-6(5)2;1-5-3-7-4-6(5)2;2*1-5-3-4-7-6(5)2;2*1-4-5(2)7-3-6-4/h2*8H,3-5H2,1-2H3;2*3-5H,1-2H3;2*8H,3-5H2,1-2H3;2*3-5H,1-2H3;3-4H,1-2H3;2*3-4,7H,1-2H3;3*3-4H,1-2H3;2*3H,1-2H3. The van der Waals surface area contributed by atoms with Crippen LogP contribution in [0.3, 0.4) is 0 Å². The summed E-state index contributed by atoms with van der Waals surface area (Å²) in [6.07, 6.45) is 25.9. The Morgan fingerprint density at radius 1 is 0.273 bits per heavy atom. The number of allylic oxidation sites excluding steroid dienone is 4. The van der Waals surface area contributed by atoms with E-state index in [1.807, 2.05) is 126 Å². The molecule has 0 atom stereocenters. The molecule has 4 aliphatic rings. The highest BCUT2D eigenvalue weighted by molar-refractivity contribution is 7.10. The predicted octanol–water partition coefficient (Wildman–Crippen LogP) is 27.7. The minimum absolute atomic E-state index is 1.01. The van der Waals surface area contributed by atoms with E-state index in [-0.39, 0.29) is 0 Å². The molecular weight excluding hydrogens is 1580 g/mol. The molecule has 19 heteroatoms. The number of nitrogens with zero attached hydrogens (tertiary/aromatic N) is 8. The maximum absolute atomic E-state index is 4.08. The Hall–Kier alpha value is -8.92. The van der Waals surface area contributed by atoms with Crippen LogP contribution in [-0.2, 0) is 0 Å². The van der Waals surface area contributed by atoms with Crippen LogP contribution in [0.1, 0.15) is 226 Å². The minimum Gasteiger partial charge on any atom is -0.389 e. The summed E-state index contributed by atoms with van der Waals surface area (Å²) in [7, 11) is 0. The number of rotatable bonds is 0. The maximum Gasteiger partial charge on any atom is 0.0797 e. The molecular formula is C102H152N14S5. The fourth-order valence-corrected chi connectivity index (χ4v) is 13.1. The van der Waals surface area contributed by atoms with Gasteiger partial charge in [-0.2, -0.15) is 11.3 Å². The molecule has 0 aliphatic carbocycles. The van der Waals surface area contributed by atoms with Gasteiger partial charge in [0.25, 0.3) is 0 Å². The van der Waals surface area contributed by atoms with E-state index < -0.39 is 0 Å². The van der Waals surface area contributed by atoms with E-state index in [9.17, 15) is 0 Å². The van der Waals surface area contributed by atoms with Crippen LogP contribution in [0.4, 0.5) is 0 Å². The van der Waals surface area contributed by atoms with Crippen LogP contribution < -0.4 is 21.3 Å². The lowest BCUT2D eigenvalue weighted by Crippen LogP contribution is -2.23. The van der Waals surface area contributed by atoms with Gasteiger partial charge in [-0.05, 0) is 410 Å². The van der Waals surface area contributed by atoms with Crippen molar-refractivity contribution in [2.45, 2.75) is 260 Å². The molecule has 0 saturated heterocycles. The Morgan fingerprint density at radius 2 is 0.636 bits per heavy atom. The second-order valence-corrected chi connectivity index (χ2v) is 36.0. The quantitative estimate of drug-likeness (QED) is 0.0792. The van der Waals surface area contributed by atoms with E-state index in [0.717, 1.165) is 47.3 Å². The summed E-state index contributed by atoms with van der Waals surface area (Å²) in [4.78, 5) is 43.8. The van der Waals surface area contributed by atoms with Gasteiger partial charge in [0.05, 0.1) is 33.8 Å². The topological polar surface area (TPSA) is 183 Å². The largest absolute Gasteiger partial charge is 0.389 e. The van der Waals surface area contributed by atoms with Gasteiger partial charge in [-0.15, -0.1) is 45.3 Å². The number of pyridine rings is 4. The lowest BCUT2D eigenvalue weighted by Gasteiger charge is -2.15. The van der Waals surface area contributed by atoms with Crippen LogP contribution in [0.15, 0.2) is 200 Å². The molecule has 12 aromatic rings. The van der Waals surface area contributed by atoms with Gasteiger partial charge in [0.15, 0.2) is 0 Å². The summed E-state index contributed by atoms with van der Waals surface area (Å²) in [6.45, 7) is 74.0. The molecule has 16 rings (SSSR count). The molecule has 0 spiro atoms. The number of hydrogen-bond donors (Lipinski definition) is 6. The summed E-state index contributed by atoms with van der Waals surface area (Å²) >= 11 is 8.76. The molecule has 0 fully saturated rings. The Morgan fingerprint density at radius 3 is 0.785 bits per heavy atom. The predicted molar refractivity (Wildman–Crippen MR) is 534 cm³/mol. The van der Waals surface area contributed by atoms with E-state index in [1.165, 1.54) is 196 Å². The third-order valence-corrected chi connectivity index (χ3v) is 25.7. The average molecular weight is 1730 g/mol. The number of aromatic nitrogens is 10. The fraction of sp³-hybridized carbons (Fsp3) is 0.431. The van der Waals surface area contributed by atoms with Gasteiger partial charge in [-0.25, -0.2) is 9.97 Å². The SMILES string of the molecule is CC1=C(C)CNCC1.CC1=C(C)CNCC1.CC1=C(C)NCCC1.CC1=C(C)NCCC1.Cc1cc[nH]c1C.Cc1cc[nH]c1C.Cc1cccnc1C.Cc1cccnc1C.Cc1ccncc1C.Cc1ccncc1C.Cc1ccsc1C.Cc1ccsc1C.Cc1cscc1C.Cc1nccnc1C.Cc1ncsc1C.Cc1ncsc1C. The lowest BCUT2D eigenvalue weighted by molar-refractivity contribution is 0.661. The number of H-pyrrole nitrogens is 2. The van der Waals surface area contributed by atoms with Crippen molar-refractivity contribution in [3.63, 3.8) is 0 Å². The van der Waals surface area contributed by atoms with Crippen LogP contribution in [0, 0.1) is 166 Å². The van der Waals surface area contributed by atoms with Crippen LogP contribution in [0.25, 0.3) is 0 Å². The minimum atomic E-state index is 1.01. The Labute approximate surface area is 753 Å². The lowest BCUT2D eigenvalue weighted by atomic mass is 10.1. The molecule has 660 valence electrons. The van der Waals surface area contributed by atoms with Crippen molar-refractivity contribution in [1.29, 1.82) is 0 Å². The summed E-state index contributed by atoms with van der Waals surface area (Å²) in [6, 6.07) is 20.4. The molecule has 0 amide bonds. The van der Waals surface area contributed by atoms with Gasteiger partial charge < -0.3 is 31.2 Å². The number of thiazole rings is 2. The monoisotopic (exact) mass is 1730 g/mol. The first kappa shape index (κ1) is 110. The van der Waals surface area contributed by atoms with Gasteiger partial charge in [0.2, 0.25) is 0 Å². The summed E-state index contributed by atoms with van der Waals surface area (Å²) in [5.74, 6) is 0. The normalized spacial score (nSPS) is 12.5. The highest BCUT2D eigenvalue weighted by atomic mass is 32.1. The zero-order chi connectivity index (χ0) is 90.8. The van der Waals surface area contributed by atoms with Gasteiger partial charge >= 0.3 is 0 Å². The van der Waals surface area contributed by atoms with Crippen molar-refractivity contribution >= 4 is 56.7 Å². The Balaban J connectivity index is 0.000000646. The molecule has 0 aromatic carbocycles. The summed E-state index contributed by atoms with van der Waals surface area (Å²) in [5.41, 5.74) is 40.8. The zero-order valence-corrected chi connectivity index (χ0v) is 84.2. The van der Waals surface area contributed by atoms with Crippen molar-refractivity contribution in [1.82, 2.24) is 71.1 Å². The molecule has 0 unspecified atom stereocenters. The van der Waals surface area contributed by atoms with Gasteiger partial charge in [0, 0.05) is 142 Å². The number of aromatic amines is 2. The molecule has 0 saturated carbocycles. The maximum atomic E-state index is 4.08. The fourth-order valence-electron chi connectivity index (χ4n) is 9.56. The first-order valence-electron chi connectivity index (χ1n) is 42.1. The van der Waals surface area contributed by atoms with Crippen LogP contribution >= 0.6 is 56.7 Å². The molecule has 14 nitrogen and oxygen atoms in total. The van der Waals surface area contributed by atoms with E-state index in [4.69, 9.17) is 0 Å². The molecule has 6 N–H and O–H groups in total. The third kappa shape index (κ3) is 51.6. The van der Waals surface area contributed by atoms with Gasteiger partial charge in [-0.3, -0.25) is 29.9 Å². The summed E-state index contributed by atoms with van der Waals surface area (Å²) in [5, 5.41) is 21.8. The molecule has 121 heavy (non-hydrogen) atoms. The van der Waals surface area contributed by atoms with E-state index in [1.54, 1.807) is 80.2 Å². The molecule has 4 aliphatic heterocycles. The molecule has 0 radical (unpaired) electrons. The van der Waals surface area contributed by atoms with E-state index >= 15 is 0 Å². The average Bonchev–Trinajstić information content (AvgIpc) is 1.49. The van der Waals surface area contributed by atoms with Crippen molar-refractivity contribution in [2.24, 2.45) is 0 Å². The number of nitrogens with one attached hydrogen (secondary N) is 6. The number of aryl methyl sites for hydroxylation is 24.